The summed E-state index contributed by atoms with van der Waals surface area (Å²) in [5.41, 5.74) is 0.0745. The Morgan fingerprint density at radius 2 is 1.26 bits per heavy atom. The molecule has 0 fully saturated rings. The molecular formula is C19H29F2NSn. The number of benzene rings is 1. The van der Waals surface area contributed by atoms with Crippen molar-refractivity contribution in [1.29, 1.82) is 0 Å². The molecule has 4 heteroatoms. The Bertz CT molecular complexity index is 492. The minimum absolute atomic E-state index is 0.0745. The first-order valence-corrected chi connectivity index (χ1v) is 16.4. The number of halogens is 2. The number of rotatable bonds is 10. The zero-order valence-corrected chi connectivity index (χ0v) is 17.6. The van der Waals surface area contributed by atoms with Gasteiger partial charge in [0.25, 0.3) is 0 Å². The summed E-state index contributed by atoms with van der Waals surface area (Å²) in [5, 5.41) is 0. The summed E-state index contributed by atoms with van der Waals surface area (Å²) in [6.07, 6.45) is 6.40. The third-order valence-corrected chi connectivity index (χ3v) is 20.3. The van der Waals surface area contributed by atoms with Crippen LogP contribution < -0.4 is 3.58 Å². The van der Waals surface area contributed by atoms with E-state index in [1.165, 1.54) is 12.1 Å². The molecule has 0 spiro atoms. The van der Waals surface area contributed by atoms with E-state index in [-0.39, 0.29) is 5.69 Å². The Balaban J connectivity index is 3.37. The van der Waals surface area contributed by atoms with Crippen LogP contribution in [-0.4, -0.2) is 18.4 Å². The molecule has 0 aromatic heterocycles. The third kappa shape index (κ3) is 5.45. The molecule has 0 saturated heterocycles. The average Bonchev–Trinajstić information content (AvgIpc) is 2.54. The second-order valence-corrected chi connectivity index (χ2v) is 19.5. The molecule has 0 saturated carbocycles. The Morgan fingerprint density at radius 1 is 0.870 bits per heavy atom. The van der Waals surface area contributed by atoms with Crippen molar-refractivity contribution in [3.8, 4) is 0 Å². The van der Waals surface area contributed by atoms with Crippen molar-refractivity contribution < 1.29 is 8.78 Å². The maximum absolute atomic E-state index is 14.7. The number of hydrogen-bond donors (Lipinski definition) is 0. The van der Waals surface area contributed by atoms with Crippen LogP contribution in [0.2, 0.25) is 13.3 Å². The second-order valence-electron chi connectivity index (χ2n) is 6.49. The molecular weight excluding hydrogens is 399 g/mol. The summed E-state index contributed by atoms with van der Waals surface area (Å²) in [6.45, 7) is 13.4. The first-order chi connectivity index (χ1) is 11.0. The number of hydrogen-bond acceptors (Lipinski definition) is 0. The number of unbranched alkanes of at least 4 members (excludes halogenated alkanes) is 3. The molecule has 0 radical (unpaired) electrons. The van der Waals surface area contributed by atoms with Crippen LogP contribution >= 0.6 is 0 Å². The molecule has 0 N–H and O–H groups in total. The van der Waals surface area contributed by atoms with Gasteiger partial charge in [-0.2, -0.15) is 0 Å². The molecule has 1 aromatic carbocycles. The van der Waals surface area contributed by atoms with Crippen LogP contribution in [0.25, 0.3) is 4.85 Å². The first kappa shape index (κ1) is 20.4. The molecule has 0 heterocycles. The molecule has 0 unspecified atom stereocenters. The van der Waals surface area contributed by atoms with E-state index in [4.69, 9.17) is 6.57 Å². The molecule has 1 aromatic rings. The fourth-order valence-electron chi connectivity index (χ4n) is 3.43. The predicted octanol–water partition coefficient (Wildman–Crippen LogP) is 6.57. The fraction of sp³-hybridized carbons (Fsp3) is 0.632. The molecule has 0 aliphatic carbocycles. The van der Waals surface area contributed by atoms with E-state index in [0.717, 1.165) is 51.8 Å². The molecule has 0 atom stereocenters. The van der Waals surface area contributed by atoms with Gasteiger partial charge in [0.2, 0.25) is 0 Å². The Kier molecular flexibility index (Phi) is 9.12. The molecule has 128 valence electrons. The monoisotopic (exact) mass is 429 g/mol. The predicted molar refractivity (Wildman–Crippen MR) is 97.2 cm³/mol. The van der Waals surface area contributed by atoms with Crippen LogP contribution in [0.15, 0.2) is 12.1 Å². The standard InChI is InChI=1S/C7H2F2N.3C4H9.Sn/c1-10-7-3-5(8)2-6(9)4-7;3*1-3-4-2;/h3-4H;3*1,3-4H2,2H3;. The SMILES string of the molecule is [C-]#[N+]c1cc(F)[c]([Sn]([CH2]CCC)([CH2]CCC)[CH2]CCC)c(F)c1. The van der Waals surface area contributed by atoms with Crippen molar-refractivity contribution in [1.82, 2.24) is 0 Å². The van der Waals surface area contributed by atoms with Crippen LogP contribution in [0.3, 0.4) is 0 Å². The van der Waals surface area contributed by atoms with Gasteiger partial charge in [0.15, 0.2) is 0 Å². The van der Waals surface area contributed by atoms with Crippen LogP contribution in [-0.2, 0) is 0 Å². The average molecular weight is 428 g/mol. The van der Waals surface area contributed by atoms with Gasteiger partial charge < -0.3 is 0 Å². The van der Waals surface area contributed by atoms with Crippen LogP contribution in [0.4, 0.5) is 14.5 Å². The molecule has 0 aliphatic rings. The molecule has 0 aliphatic heterocycles. The quantitative estimate of drug-likeness (QED) is 0.293. The summed E-state index contributed by atoms with van der Waals surface area (Å²) in [5.74, 6) is -0.898. The van der Waals surface area contributed by atoms with Crippen LogP contribution in [0.1, 0.15) is 59.3 Å². The molecule has 0 amide bonds. The third-order valence-electron chi connectivity index (χ3n) is 4.71. The van der Waals surface area contributed by atoms with Gasteiger partial charge in [-0.25, -0.2) is 0 Å². The molecule has 1 rings (SSSR count). The molecule has 0 bridgehead atoms. The summed E-state index contributed by atoms with van der Waals surface area (Å²) in [6, 6.07) is 2.50. The van der Waals surface area contributed by atoms with E-state index < -0.39 is 30.0 Å². The summed E-state index contributed by atoms with van der Waals surface area (Å²) < 4.78 is 33.0. The van der Waals surface area contributed by atoms with E-state index in [2.05, 4.69) is 25.6 Å². The van der Waals surface area contributed by atoms with Crippen LogP contribution in [0.5, 0.6) is 0 Å². The summed E-state index contributed by atoms with van der Waals surface area (Å²) in [4.78, 5) is 3.20. The zero-order valence-electron chi connectivity index (χ0n) is 14.7. The van der Waals surface area contributed by atoms with Gasteiger partial charge in [-0.3, -0.25) is 0 Å². The van der Waals surface area contributed by atoms with E-state index in [9.17, 15) is 8.78 Å². The van der Waals surface area contributed by atoms with E-state index >= 15 is 0 Å². The minimum atomic E-state index is -3.12. The van der Waals surface area contributed by atoms with Crippen molar-refractivity contribution in [2.24, 2.45) is 0 Å². The first-order valence-electron chi connectivity index (χ1n) is 8.91. The van der Waals surface area contributed by atoms with Crippen molar-refractivity contribution in [2.45, 2.75) is 72.6 Å². The van der Waals surface area contributed by atoms with Crippen LogP contribution in [0, 0.1) is 18.2 Å². The fourth-order valence-corrected chi connectivity index (χ4v) is 19.8. The van der Waals surface area contributed by atoms with E-state index in [0.29, 0.717) is 3.58 Å². The zero-order chi connectivity index (χ0) is 17.3. The van der Waals surface area contributed by atoms with Gasteiger partial charge >= 0.3 is 144 Å². The Morgan fingerprint density at radius 3 is 1.57 bits per heavy atom. The normalized spacial score (nSPS) is 11.5. The molecule has 1 nitrogen and oxygen atoms in total. The maximum atomic E-state index is 14.7. The second kappa shape index (κ2) is 10.3. The van der Waals surface area contributed by atoms with Gasteiger partial charge in [0.1, 0.15) is 0 Å². The van der Waals surface area contributed by atoms with E-state index in [1.807, 2.05) is 0 Å². The van der Waals surface area contributed by atoms with Gasteiger partial charge in [-0.05, 0) is 0 Å². The van der Waals surface area contributed by atoms with Crippen molar-refractivity contribution >= 4 is 27.6 Å². The van der Waals surface area contributed by atoms with Crippen molar-refractivity contribution in [3.05, 3.63) is 35.2 Å². The van der Waals surface area contributed by atoms with Gasteiger partial charge in [0.05, 0.1) is 0 Å². The summed E-state index contributed by atoms with van der Waals surface area (Å²) >= 11 is -3.12. The van der Waals surface area contributed by atoms with Gasteiger partial charge in [-0.15, -0.1) is 0 Å². The van der Waals surface area contributed by atoms with E-state index in [1.54, 1.807) is 0 Å². The topological polar surface area (TPSA) is 4.36 Å². The number of nitrogens with zero attached hydrogens (tertiary/aromatic N) is 1. The van der Waals surface area contributed by atoms with Gasteiger partial charge in [0, 0.05) is 0 Å². The Hall–Kier alpha value is -0.631. The summed E-state index contributed by atoms with van der Waals surface area (Å²) in [7, 11) is 0. The molecule has 23 heavy (non-hydrogen) atoms. The van der Waals surface area contributed by atoms with Crippen molar-refractivity contribution in [3.63, 3.8) is 0 Å². The van der Waals surface area contributed by atoms with Crippen molar-refractivity contribution in [2.75, 3.05) is 0 Å². The Labute approximate surface area is 144 Å². The van der Waals surface area contributed by atoms with Gasteiger partial charge in [-0.1, -0.05) is 0 Å².